The minimum atomic E-state index is -0.762. The van der Waals surface area contributed by atoms with Gasteiger partial charge in [-0.3, -0.25) is 9.59 Å². The highest BCUT2D eigenvalue weighted by molar-refractivity contribution is 6.09. The molecule has 0 unspecified atom stereocenters. The molecule has 38 heavy (non-hydrogen) atoms. The monoisotopic (exact) mass is 505 g/mol. The number of nitrogens with one attached hydrogen (secondary N) is 1. The molecule has 0 spiro atoms. The van der Waals surface area contributed by atoms with Crippen LogP contribution < -0.4 is 10.1 Å². The Bertz CT molecular complexity index is 1420. The molecule has 0 saturated heterocycles. The van der Waals surface area contributed by atoms with E-state index in [1.54, 1.807) is 0 Å². The first-order chi connectivity index (χ1) is 18.6. The lowest BCUT2D eigenvalue weighted by molar-refractivity contribution is -0.137. The third kappa shape index (κ3) is 5.18. The number of benzene rings is 4. The summed E-state index contributed by atoms with van der Waals surface area (Å²) >= 11 is 0. The Morgan fingerprint density at radius 1 is 0.737 bits per heavy atom. The van der Waals surface area contributed by atoms with Crippen LogP contribution in [0.15, 0.2) is 97.1 Å². The van der Waals surface area contributed by atoms with E-state index in [9.17, 15) is 9.59 Å². The number of amides is 1. The predicted octanol–water partition coefficient (Wildman–Crippen LogP) is 6.95. The topological polar surface area (TPSA) is 75.6 Å². The van der Waals surface area contributed by atoms with Crippen molar-refractivity contribution >= 4 is 28.7 Å². The van der Waals surface area contributed by atoms with Crippen LogP contribution in [0.4, 0.5) is 0 Å². The molecule has 4 aromatic rings. The Labute approximate surface area is 222 Å². The summed E-state index contributed by atoms with van der Waals surface area (Å²) in [5.74, 6) is -0.0983. The molecule has 0 aliphatic carbocycles. The number of hydrogen-bond donors (Lipinski definition) is 2. The highest BCUT2D eigenvalue weighted by Crippen LogP contribution is 2.44. The van der Waals surface area contributed by atoms with Crippen LogP contribution in [0.1, 0.15) is 59.2 Å². The van der Waals surface area contributed by atoms with Gasteiger partial charge in [-0.25, -0.2) is 0 Å². The van der Waals surface area contributed by atoms with E-state index in [0.717, 1.165) is 52.5 Å². The van der Waals surface area contributed by atoms with Crippen molar-refractivity contribution in [2.45, 2.75) is 37.7 Å². The van der Waals surface area contributed by atoms with Crippen LogP contribution >= 0.6 is 0 Å². The summed E-state index contributed by atoms with van der Waals surface area (Å²) in [5, 5.41) is 13.6. The molecule has 1 aliphatic heterocycles. The molecular formula is C33H31NO4. The molecule has 0 atom stereocenters. The standard InChI is InChI=1S/C33H31NO4/c35-31(36)18-9-1-2-10-23-34-32(37)29-17-11-16-26-27(29)19-20-30-28(26)21-22-33(38-30,24-12-5-3-6-13-24)25-14-7-4-8-15-25/h3-8,11-17,19-22H,1-2,9-10,18,23H2,(H,34,37)(H,35,36). The summed E-state index contributed by atoms with van der Waals surface area (Å²) < 4.78 is 6.80. The van der Waals surface area contributed by atoms with E-state index in [4.69, 9.17) is 9.84 Å². The Morgan fingerprint density at radius 3 is 2.11 bits per heavy atom. The van der Waals surface area contributed by atoms with Crippen molar-refractivity contribution in [3.05, 3.63) is 119 Å². The molecule has 0 radical (unpaired) electrons. The summed E-state index contributed by atoms with van der Waals surface area (Å²) in [4.78, 5) is 23.7. The van der Waals surface area contributed by atoms with Crippen LogP contribution in [0.3, 0.4) is 0 Å². The van der Waals surface area contributed by atoms with Gasteiger partial charge in [0.2, 0.25) is 0 Å². The Balaban J connectivity index is 1.39. The van der Waals surface area contributed by atoms with Gasteiger partial charge in [-0.15, -0.1) is 0 Å². The zero-order chi connectivity index (χ0) is 26.4. The van der Waals surface area contributed by atoms with Gasteiger partial charge < -0.3 is 15.2 Å². The van der Waals surface area contributed by atoms with Gasteiger partial charge in [0.25, 0.3) is 5.91 Å². The average Bonchev–Trinajstić information content (AvgIpc) is 2.96. The Hall–Kier alpha value is -4.38. The molecule has 192 valence electrons. The van der Waals surface area contributed by atoms with Gasteiger partial charge in [0.1, 0.15) is 5.75 Å². The van der Waals surface area contributed by atoms with Crippen molar-refractivity contribution in [2.24, 2.45) is 0 Å². The van der Waals surface area contributed by atoms with Gasteiger partial charge in [-0.1, -0.05) is 85.6 Å². The van der Waals surface area contributed by atoms with Crippen LogP contribution in [0.25, 0.3) is 16.8 Å². The molecular weight excluding hydrogens is 474 g/mol. The lowest BCUT2D eigenvalue weighted by Gasteiger charge is -2.36. The minimum absolute atomic E-state index is 0.107. The summed E-state index contributed by atoms with van der Waals surface area (Å²) in [5.41, 5.74) is 2.93. The maximum absolute atomic E-state index is 13.0. The number of aliphatic carboxylic acids is 1. The van der Waals surface area contributed by atoms with Crippen molar-refractivity contribution in [2.75, 3.05) is 6.54 Å². The third-order valence-electron chi connectivity index (χ3n) is 7.07. The molecule has 4 aromatic carbocycles. The van der Waals surface area contributed by atoms with Crippen LogP contribution in [-0.2, 0) is 10.4 Å². The number of carboxylic acids is 1. The van der Waals surface area contributed by atoms with E-state index in [-0.39, 0.29) is 12.3 Å². The van der Waals surface area contributed by atoms with Crippen LogP contribution in [0.2, 0.25) is 0 Å². The van der Waals surface area contributed by atoms with E-state index < -0.39 is 11.6 Å². The number of ether oxygens (including phenoxy) is 1. The normalized spacial score (nSPS) is 13.5. The summed E-state index contributed by atoms with van der Waals surface area (Å²) in [6.07, 6.45) is 7.65. The average molecular weight is 506 g/mol. The van der Waals surface area contributed by atoms with Crippen molar-refractivity contribution in [3.63, 3.8) is 0 Å². The fourth-order valence-corrected chi connectivity index (χ4v) is 5.13. The van der Waals surface area contributed by atoms with Crippen LogP contribution in [0, 0.1) is 0 Å². The van der Waals surface area contributed by atoms with Gasteiger partial charge >= 0.3 is 5.97 Å². The number of carboxylic acid groups (broad SMARTS) is 1. The molecule has 1 amide bonds. The van der Waals surface area contributed by atoms with Crippen molar-refractivity contribution in [1.29, 1.82) is 0 Å². The van der Waals surface area contributed by atoms with Crippen molar-refractivity contribution in [3.8, 4) is 5.75 Å². The largest absolute Gasteiger partial charge is 0.481 e. The highest BCUT2D eigenvalue weighted by Gasteiger charge is 2.37. The fraction of sp³-hybridized carbons (Fsp3) is 0.212. The second-order valence-corrected chi connectivity index (χ2v) is 9.60. The predicted molar refractivity (Wildman–Crippen MR) is 150 cm³/mol. The zero-order valence-corrected chi connectivity index (χ0v) is 21.2. The molecule has 1 heterocycles. The number of carbonyl (C=O) groups is 2. The molecule has 0 bridgehead atoms. The molecule has 1 aliphatic rings. The second kappa shape index (κ2) is 11.3. The minimum Gasteiger partial charge on any atom is -0.481 e. The lowest BCUT2D eigenvalue weighted by atomic mass is 9.83. The maximum atomic E-state index is 13.0. The second-order valence-electron chi connectivity index (χ2n) is 9.60. The van der Waals surface area contributed by atoms with Crippen LogP contribution in [-0.4, -0.2) is 23.5 Å². The van der Waals surface area contributed by atoms with Gasteiger partial charge in [0.15, 0.2) is 5.60 Å². The van der Waals surface area contributed by atoms with Gasteiger partial charge in [-0.2, -0.15) is 0 Å². The number of fused-ring (bicyclic) bond motifs is 3. The molecule has 2 N–H and O–H groups in total. The summed E-state index contributed by atoms with van der Waals surface area (Å²) in [6, 6.07) is 30.1. The zero-order valence-electron chi connectivity index (χ0n) is 21.2. The number of carbonyl (C=O) groups excluding carboxylic acids is 1. The Kier molecular flexibility index (Phi) is 7.55. The van der Waals surface area contributed by atoms with E-state index in [1.165, 1.54) is 0 Å². The molecule has 0 saturated carbocycles. The van der Waals surface area contributed by atoms with E-state index >= 15 is 0 Å². The van der Waals surface area contributed by atoms with Gasteiger partial charge in [-0.05, 0) is 54.0 Å². The van der Waals surface area contributed by atoms with E-state index in [2.05, 4.69) is 41.7 Å². The molecule has 0 fully saturated rings. The third-order valence-corrected chi connectivity index (χ3v) is 7.07. The van der Waals surface area contributed by atoms with E-state index in [1.807, 2.05) is 66.7 Å². The van der Waals surface area contributed by atoms with Crippen molar-refractivity contribution in [1.82, 2.24) is 5.32 Å². The first-order valence-corrected chi connectivity index (χ1v) is 13.1. The Morgan fingerprint density at radius 2 is 1.42 bits per heavy atom. The molecule has 5 heteroatoms. The fourth-order valence-electron chi connectivity index (χ4n) is 5.13. The van der Waals surface area contributed by atoms with Gasteiger partial charge in [0.05, 0.1) is 0 Å². The molecule has 5 nitrogen and oxygen atoms in total. The molecule has 0 aromatic heterocycles. The SMILES string of the molecule is O=C(O)CCCCCCNC(=O)c1cccc2c3c(ccc12)OC(c1ccccc1)(c1ccccc1)C=C3. The smallest absolute Gasteiger partial charge is 0.303 e. The first kappa shape index (κ1) is 25.3. The lowest BCUT2D eigenvalue weighted by Crippen LogP contribution is -2.34. The highest BCUT2D eigenvalue weighted by atomic mass is 16.5. The van der Waals surface area contributed by atoms with Crippen LogP contribution in [0.5, 0.6) is 5.75 Å². The first-order valence-electron chi connectivity index (χ1n) is 13.1. The van der Waals surface area contributed by atoms with E-state index in [0.29, 0.717) is 18.5 Å². The van der Waals surface area contributed by atoms with Gasteiger partial charge in [0, 0.05) is 35.2 Å². The number of rotatable bonds is 10. The number of unbranched alkanes of at least 4 members (excludes halogenated alkanes) is 3. The maximum Gasteiger partial charge on any atom is 0.303 e. The summed E-state index contributed by atoms with van der Waals surface area (Å²) in [7, 11) is 0. The molecule has 5 rings (SSSR count). The quantitative estimate of drug-likeness (QED) is 0.229. The number of hydrogen-bond acceptors (Lipinski definition) is 3. The summed E-state index contributed by atoms with van der Waals surface area (Å²) in [6.45, 7) is 0.562. The van der Waals surface area contributed by atoms with Crippen molar-refractivity contribution < 1.29 is 19.4 Å².